The third kappa shape index (κ3) is 1.59. The van der Waals surface area contributed by atoms with Crippen molar-refractivity contribution in [3.63, 3.8) is 0 Å². The standard InChI is InChI=1S/C11H7N3/c12-8-13-7-10-6-5-9-3-1-2-4-11(9)14-10/h1-7H/b13-7+. The average molecular weight is 181 g/mol. The minimum Gasteiger partial charge on any atom is -0.247 e. The van der Waals surface area contributed by atoms with Gasteiger partial charge in [-0.3, -0.25) is 0 Å². The first-order valence-electron chi connectivity index (χ1n) is 4.18. The van der Waals surface area contributed by atoms with Crippen LogP contribution in [0.2, 0.25) is 0 Å². The van der Waals surface area contributed by atoms with Crippen LogP contribution >= 0.6 is 0 Å². The molecule has 1 heterocycles. The van der Waals surface area contributed by atoms with Crippen LogP contribution in [0.5, 0.6) is 0 Å². The first kappa shape index (κ1) is 8.39. The van der Waals surface area contributed by atoms with Crippen molar-refractivity contribution >= 4 is 17.1 Å². The molecule has 0 aliphatic rings. The average Bonchev–Trinajstić information content (AvgIpc) is 2.26. The third-order valence-electron chi connectivity index (χ3n) is 1.87. The van der Waals surface area contributed by atoms with Crippen molar-refractivity contribution in [3.05, 3.63) is 42.1 Å². The fourth-order valence-electron chi connectivity index (χ4n) is 1.25. The van der Waals surface area contributed by atoms with Gasteiger partial charge in [-0.15, -0.1) is 0 Å². The van der Waals surface area contributed by atoms with Crippen molar-refractivity contribution in [1.82, 2.24) is 4.98 Å². The molecule has 0 radical (unpaired) electrons. The Morgan fingerprint density at radius 1 is 1.21 bits per heavy atom. The highest BCUT2D eigenvalue weighted by molar-refractivity contribution is 5.85. The summed E-state index contributed by atoms with van der Waals surface area (Å²) in [5, 5.41) is 9.35. The van der Waals surface area contributed by atoms with Crippen LogP contribution in [0.4, 0.5) is 0 Å². The lowest BCUT2D eigenvalue weighted by Gasteiger charge is -1.96. The van der Waals surface area contributed by atoms with Gasteiger partial charge in [0.25, 0.3) is 0 Å². The summed E-state index contributed by atoms with van der Waals surface area (Å²) < 4.78 is 0. The molecule has 0 bridgehead atoms. The summed E-state index contributed by atoms with van der Waals surface area (Å²) in [5.41, 5.74) is 1.61. The fourth-order valence-corrected chi connectivity index (χ4v) is 1.25. The van der Waals surface area contributed by atoms with Gasteiger partial charge in [-0.2, -0.15) is 10.3 Å². The zero-order chi connectivity index (χ0) is 9.80. The van der Waals surface area contributed by atoms with Crippen molar-refractivity contribution in [2.75, 3.05) is 0 Å². The molecule has 1 aromatic carbocycles. The van der Waals surface area contributed by atoms with E-state index in [-0.39, 0.29) is 0 Å². The van der Waals surface area contributed by atoms with E-state index in [0.29, 0.717) is 5.69 Å². The van der Waals surface area contributed by atoms with Gasteiger partial charge in [0, 0.05) is 5.39 Å². The Hall–Kier alpha value is -2.21. The van der Waals surface area contributed by atoms with E-state index in [1.165, 1.54) is 6.21 Å². The smallest absolute Gasteiger partial charge is 0.205 e. The van der Waals surface area contributed by atoms with Crippen LogP contribution in [0.25, 0.3) is 10.9 Å². The Bertz CT molecular complexity index is 523. The van der Waals surface area contributed by atoms with Crippen molar-refractivity contribution in [1.29, 1.82) is 5.26 Å². The first-order valence-corrected chi connectivity index (χ1v) is 4.18. The number of rotatable bonds is 1. The molecule has 2 aromatic rings. The fraction of sp³-hybridized carbons (Fsp3) is 0. The van der Waals surface area contributed by atoms with Crippen LogP contribution < -0.4 is 0 Å². The van der Waals surface area contributed by atoms with Crippen LogP contribution in [0, 0.1) is 11.5 Å². The van der Waals surface area contributed by atoms with Crippen LogP contribution in [0.15, 0.2) is 41.4 Å². The summed E-state index contributed by atoms with van der Waals surface area (Å²) in [6.07, 6.45) is 3.14. The molecule has 3 heteroatoms. The number of hydrogen-bond acceptors (Lipinski definition) is 3. The molecule has 0 spiro atoms. The summed E-state index contributed by atoms with van der Waals surface area (Å²) in [6, 6.07) is 11.6. The van der Waals surface area contributed by atoms with E-state index in [4.69, 9.17) is 5.26 Å². The van der Waals surface area contributed by atoms with Gasteiger partial charge in [0.1, 0.15) is 0 Å². The minimum atomic E-state index is 0.699. The Morgan fingerprint density at radius 3 is 2.93 bits per heavy atom. The summed E-state index contributed by atoms with van der Waals surface area (Å²) in [6.45, 7) is 0. The van der Waals surface area contributed by atoms with Gasteiger partial charge in [0.2, 0.25) is 6.19 Å². The zero-order valence-electron chi connectivity index (χ0n) is 7.38. The molecule has 0 aliphatic carbocycles. The summed E-state index contributed by atoms with van der Waals surface area (Å²) in [4.78, 5) is 7.78. The number of benzene rings is 1. The van der Waals surface area contributed by atoms with E-state index in [1.807, 2.05) is 36.4 Å². The van der Waals surface area contributed by atoms with Gasteiger partial charge < -0.3 is 0 Å². The van der Waals surface area contributed by atoms with E-state index >= 15 is 0 Å². The maximum Gasteiger partial charge on any atom is 0.205 e. The van der Waals surface area contributed by atoms with E-state index < -0.39 is 0 Å². The molecule has 0 unspecified atom stereocenters. The second-order valence-corrected chi connectivity index (χ2v) is 2.79. The highest BCUT2D eigenvalue weighted by Crippen LogP contribution is 2.10. The van der Waals surface area contributed by atoms with E-state index in [0.717, 1.165) is 10.9 Å². The second-order valence-electron chi connectivity index (χ2n) is 2.79. The largest absolute Gasteiger partial charge is 0.247 e. The van der Waals surface area contributed by atoms with Crippen LogP contribution in [-0.2, 0) is 0 Å². The van der Waals surface area contributed by atoms with Crippen LogP contribution in [-0.4, -0.2) is 11.2 Å². The molecule has 66 valence electrons. The SMILES string of the molecule is N#C/N=C/c1ccc2ccccc2n1. The lowest BCUT2D eigenvalue weighted by molar-refractivity contribution is 1.37. The molecule has 3 nitrogen and oxygen atoms in total. The van der Waals surface area contributed by atoms with E-state index in [1.54, 1.807) is 6.19 Å². The molecule has 0 saturated carbocycles. The second kappa shape index (κ2) is 3.67. The molecule has 2 rings (SSSR count). The first-order chi connectivity index (χ1) is 6.90. The number of para-hydroxylation sites is 1. The topological polar surface area (TPSA) is 49.0 Å². The molecule has 1 aromatic heterocycles. The van der Waals surface area contributed by atoms with Crippen molar-refractivity contribution in [2.24, 2.45) is 4.99 Å². The van der Waals surface area contributed by atoms with Crippen molar-refractivity contribution < 1.29 is 0 Å². The molecule has 0 fully saturated rings. The van der Waals surface area contributed by atoms with Gasteiger partial charge in [-0.25, -0.2) is 4.98 Å². The molecule has 0 atom stereocenters. The Balaban J connectivity index is 2.52. The Kier molecular flexibility index (Phi) is 2.20. The summed E-state index contributed by atoms with van der Waals surface area (Å²) in [5.74, 6) is 0. The number of nitriles is 1. The van der Waals surface area contributed by atoms with Crippen molar-refractivity contribution in [2.45, 2.75) is 0 Å². The van der Waals surface area contributed by atoms with Crippen LogP contribution in [0.3, 0.4) is 0 Å². The van der Waals surface area contributed by atoms with E-state index in [2.05, 4.69) is 9.98 Å². The molecule has 14 heavy (non-hydrogen) atoms. The molecular weight excluding hydrogens is 174 g/mol. The lowest BCUT2D eigenvalue weighted by Crippen LogP contribution is -1.87. The zero-order valence-corrected chi connectivity index (χ0v) is 7.38. The molecule has 0 amide bonds. The number of fused-ring (bicyclic) bond motifs is 1. The Labute approximate surface area is 81.4 Å². The van der Waals surface area contributed by atoms with Crippen LogP contribution in [0.1, 0.15) is 5.69 Å². The predicted octanol–water partition coefficient (Wildman–Crippen LogP) is 2.13. The predicted molar refractivity (Wildman–Crippen MR) is 55.0 cm³/mol. The number of hydrogen-bond donors (Lipinski definition) is 0. The monoisotopic (exact) mass is 181 g/mol. The summed E-state index contributed by atoms with van der Waals surface area (Å²) >= 11 is 0. The lowest BCUT2D eigenvalue weighted by atomic mass is 10.2. The number of nitrogens with zero attached hydrogens (tertiary/aromatic N) is 3. The van der Waals surface area contributed by atoms with Gasteiger partial charge in [-0.1, -0.05) is 24.3 Å². The highest BCUT2D eigenvalue weighted by Gasteiger charge is 1.94. The third-order valence-corrected chi connectivity index (χ3v) is 1.87. The van der Waals surface area contributed by atoms with Gasteiger partial charge >= 0.3 is 0 Å². The van der Waals surface area contributed by atoms with Crippen molar-refractivity contribution in [3.8, 4) is 6.19 Å². The maximum atomic E-state index is 8.27. The van der Waals surface area contributed by atoms with Gasteiger partial charge in [0.05, 0.1) is 17.4 Å². The number of pyridine rings is 1. The number of aliphatic imine (C=N–C) groups is 1. The van der Waals surface area contributed by atoms with Gasteiger partial charge in [0.15, 0.2) is 0 Å². The molecule has 0 aliphatic heterocycles. The normalized spacial score (nSPS) is 10.5. The maximum absolute atomic E-state index is 8.27. The Morgan fingerprint density at radius 2 is 2.07 bits per heavy atom. The molecular formula is C11H7N3. The summed E-state index contributed by atoms with van der Waals surface area (Å²) in [7, 11) is 0. The van der Waals surface area contributed by atoms with E-state index in [9.17, 15) is 0 Å². The van der Waals surface area contributed by atoms with Gasteiger partial charge in [-0.05, 0) is 12.1 Å². The number of aromatic nitrogens is 1. The molecule has 0 saturated heterocycles. The molecule has 0 N–H and O–H groups in total. The minimum absolute atomic E-state index is 0.699. The highest BCUT2D eigenvalue weighted by atomic mass is 14.8. The quantitative estimate of drug-likeness (QED) is 0.499.